The highest BCUT2D eigenvalue weighted by Gasteiger charge is 2.17. The Kier molecular flexibility index (Phi) is 7.54. The monoisotopic (exact) mass is 540 g/mol. The molecule has 0 atom stereocenters. The van der Waals surface area contributed by atoms with Gasteiger partial charge in [-0.3, -0.25) is 14.3 Å². The van der Waals surface area contributed by atoms with Crippen molar-refractivity contribution in [2.75, 3.05) is 5.75 Å². The van der Waals surface area contributed by atoms with Gasteiger partial charge in [0.25, 0.3) is 5.91 Å². The summed E-state index contributed by atoms with van der Waals surface area (Å²) in [5.41, 5.74) is 5.66. The van der Waals surface area contributed by atoms with E-state index in [2.05, 4.69) is 41.6 Å². The molecule has 0 bridgehead atoms. The summed E-state index contributed by atoms with van der Waals surface area (Å²) in [7, 11) is 0. The van der Waals surface area contributed by atoms with E-state index in [1.807, 2.05) is 59.2 Å². The molecule has 0 unspecified atom stereocenters. The SMILES string of the molecule is CC(=NNC(=O)CSc1nnc(-c2cccnc2)n1-c1ccc(Br)cc1)c1ccccc1Cl. The summed E-state index contributed by atoms with van der Waals surface area (Å²) in [5.74, 6) is 0.488. The van der Waals surface area contributed by atoms with Gasteiger partial charge in [-0.15, -0.1) is 10.2 Å². The summed E-state index contributed by atoms with van der Waals surface area (Å²) in [4.78, 5) is 16.6. The molecule has 10 heteroatoms. The fourth-order valence-corrected chi connectivity index (χ4v) is 4.27. The Balaban J connectivity index is 1.53. The van der Waals surface area contributed by atoms with Crippen LogP contribution in [-0.4, -0.2) is 37.1 Å². The van der Waals surface area contributed by atoms with Gasteiger partial charge in [-0.25, -0.2) is 5.43 Å². The minimum Gasteiger partial charge on any atom is -0.272 e. The Morgan fingerprint density at radius 3 is 2.64 bits per heavy atom. The first-order chi connectivity index (χ1) is 16.0. The Morgan fingerprint density at radius 2 is 1.91 bits per heavy atom. The fraction of sp³-hybridized carbons (Fsp3) is 0.0870. The molecule has 7 nitrogen and oxygen atoms in total. The first-order valence-electron chi connectivity index (χ1n) is 9.85. The average molecular weight is 542 g/mol. The van der Waals surface area contributed by atoms with E-state index < -0.39 is 0 Å². The molecule has 0 fully saturated rings. The number of aromatic nitrogens is 4. The zero-order valence-corrected chi connectivity index (χ0v) is 20.6. The molecule has 166 valence electrons. The van der Waals surface area contributed by atoms with Crippen LogP contribution < -0.4 is 5.43 Å². The lowest BCUT2D eigenvalue weighted by Gasteiger charge is -2.10. The Hall–Kier alpha value is -3.01. The number of amides is 1. The van der Waals surface area contributed by atoms with Gasteiger partial charge in [0.15, 0.2) is 11.0 Å². The minimum absolute atomic E-state index is 0.112. The number of carbonyl (C=O) groups is 1. The van der Waals surface area contributed by atoms with E-state index in [1.54, 1.807) is 25.4 Å². The standard InChI is InChI=1S/C23H18BrClN6OS/c1-15(19-6-2-3-7-20(19)25)27-28-21(32)14-33-23-30-29-22(16-5-4-12-26-13-16)31(23)18-10-8-17(24)9-11-18/h2-13H,14H2,1H3,(H,28,32). The number of hydrazone groups is 1. The number of carbonyl (C=O) groups excluding carboxylic acids is 1. The number of hydrogen-bond donors (Lipinski definition) is 1. The third kappa shape index (κ3) is 5.68. The Labute approximate surface area is 208 Å². The minimum atomic E-state index is -0.264. The maximum Gasteiger partial charge on any atom is 0.250 e. The number of benzene rings is 2. The lowest BCUT2D eigenvalue weighted by molar-refractivity contribution is -0.118. The van der Waals surface area contributed by atoms with Crippen LogP contribution in [-0.2, 0) is 4.79 Å². The van der Waals surface area contributed by atoms with Gasteiger partial charge < -0.3 is 0 Å². The normalized spacial score (nSPS) is 11.4. The van der Waals surface area contributed by atoms with Gasteiger partial charge in [0.1, 0.15) is 0 Å². The van der Waals surface area contributed by atoms with Gasteiger partial charge in [0, 0.05) is 38.7 Å². The molecule has 1 N–H and O–H groups in total. The molecule has 0 spiro atoms. The number of nitrogens with zero attached hydrogens (tertiary/aromatic N) is 5. The maximum atomic E-state index is 12.5. The average Bonchev–Trinajstić information content (AvgIpc) is 3.26. The molecular formula is C23H18BrClN6OS. The molecule has 4 aromatic rings. The lowest BCUT2D eigenvalue weighted by Crippen LogP contribution is -2.21. The van der Waals surface area contributed by atoms with E-state index in [9.17, 15) is 4.79 Å². The van der Waals surface area contributed by atoms with Crippen molar-refractivity contribution >= 4 is 50.9 Å². The molecule has 2 aromatic heterocycles. The molecule has 0 aliphatic heterocycles. The smallest absolute Gasteiger partial charge is 0.250 e. The predicted molar refractivity (Wildman–Crippen MR) is 135 cm³/mol. The van der Waals surface area contributed by atoms with Gasteiger partial charge in [0.05, 0.1) is 11.5 Å². The number of halogens is 2. The van der Waals surface area contributed by atoms with Crippen LogP contribution in [0.3, 0.4) is 0 Å². The second-order valence-electron chi connectivity index (χ2n) is 6.86. The van der Waals surface area contributed by atoms with Gasteiger partial charge in [0.2, 0.25) is 0 Å². The van der Waals surface area contributed by atoms with E-state index in [0.717, 1.165) is 21.3 Å². The zero-order chi connectivity index (χ0) is 23.2. The number of hydrogen-bond acceptors (Lipinski definition) is 6. The van der Waals surface area contributed by atoms with Gasteiger partial charge in [-0.2, -0.15) is 5.10 Å². The van der Waals surface area contributed by atoms with E-state index in [0.29, 0.717) is 21.7 Å². The number of pyridine rings is 1. The van der Waals surface area contributed by atoms with Crippen molar-refractivity contribution in [1.82, 2.24) is 25.2 Å². The van der Waals surface area contributed by atoms with Crippen LogP contribution >= 0.6 is 39.3 Å². The van der Waals surface area contributed by atoms with Crippen molar-refractivity contribution in [1.29, 1.82) is 0 Å². The van der Waals surface area contributed by atoms with Crippen molar-refractivity contribution in [3.05, 3.63) is 88.1 Å². The second-order valence-corrected chi connectivity index (χ2v) is 9.13. The quantitative estimate of drug-likeness (QED) is 0.193. The Morgan fingerprint density at radius 1 is 1.12 bits per heavy atom. The van der Waals surface area contributed by atoms with E-state index >= 15 is 0 Å². The fourth-order valence-electron chi connectivity index (χ4n) is 2.99. The third-order valence-corrected chi connectivity index (χ3v) is 6.37. The van der Waals surface area contributed by atoms with Gasteiger partial charge in [-0.1, -0.05) is 57.5 Å². The number of thioether (sulfide) groups is 1. The first kappa shape index (κ1) is 23.2. The molecule has 0 radical (unpaired) electrons. The molecule has 1 amide bonds. The van der Waals surface area contributed by atoms with Crippen LogP contribution in [0.15, 0.2) is 87.8 Å². The highest BCUT2D eigenvalue weighted by molar-refractivity contribution is 9.10. The van der Waals surface area contributed by atoms with E-state index in [1.165, 1.54) is 11.8 Å². The molecule has 2 aromatic carbocycles. The van der Waals surface area contributed by atoms with Crippen molar-refractivity contribution < 1.29 is 4.79 Å². The third-order valence-electron chi connectivity index (χ3n) is 4.58. The molecule has 2 heterocycles. The van der Waals surface area contributed by atoms with Crippen LogP contribution in [0.1, 0.15) is 12.5 Å². The van der Waals surface area contributed by atoms with E-state index in [-0.39, 0.29) is 11.7 Å². The Bertz CT molecular complexity index is 1290. The van der Waals surface area contributed by atoms with Crippen molar-refractivity contribution in [3.8, 4) is 17.1 Å². The molecule has 0 aliphatic carbocycles. The highest BCUT2D eigenvalue weighted by atomic mass is 79.9. The molecule has 33 heavy (non-hydrogen) atoms. The number of rotatable bonds is 7. The number of nitrogens with one attached hydrogen (secondary N) is 1. The predicted octanol–water partition coefficient (Wildman–Crippen LogP) is 5.38. The van der Waals surface area contributed by atoms with Gasteiger partial charge >= 0.3 is 0 Å². The van der Waals surface area contributed by atoms with E-state index in [4.69, 9.17) is 11.6 Å². The van der Waals surface area contributed by atoms with Crippen molar-refractivity contribution in [2.45, 2.75) is 12.1 Å². The largest absolute Gasteiger partial charge is 0.272 e. The van der Waals surface area contributed by atoms with Crippen LogP contribution in [0.4, 0.5) is 0 Å². The topological polar surface area (TPSA) is 85.1 Å². The summed E-state index contributed by atoms with van der Waals surface area (Å²) in [6, 6.07) is 18.9. The van der Waals surface area contributed by atoms with Crippen molar-refractivity contribution in [3.63, 3.8) is 0 Å². The molecule has 0 saturated carbocycles. The van der Waals surface area contributed by atoms with Crippen LogP contribution in [0.2, 0.25) is 5.02 Å². The lowest BCUT2D eigenvalue weighted by atomic mass is 10.1. The van der Waals surface area contributed by atoms with Gasteiger partial charge in [-0.05, 0) is 49.4 Å². The second kappa shape index (κ2) is 10.7. The van der Waals surface area contributed by atoms with Crippen LogP contribution in [0.5, 0.6) is 0 Å². The summed E-state index contributed by atoms with van der Waals surface area (Å²) in [6.07, 6.45) is 3.43. The van der Waals surface area contributed by atoms with Crippen LogP contribution in [0.25, 0.3) is 17.1 Å². The first-order valence-corrected chi connectivity index (χ1v) is 12.0. The molecule has 4 rings (SSSR count). The summed E-state index contributed by atoms with van der Waals surface area (Å²) >= 11 is 10.9. The maximum absolute atomic E-state index is 12.5. The summed E-state index contributed by atoms with van der Waals surface area (Å²) in [5, 5.41) is 14.0. The highest BCUT2D eigenvalue weighted by Crippen LogP contribution is 2.28. The van der Waals surface area contributed by atoms with Crippen LogP contribution in [0, 0.1) is 0 Å². The zero-order valence-electron chi connectivity index (χ0n) is 17.4. The molecular weight excluding hydrogens is 524 g/mol. The summed E-state index contributed by atoms with van der Waals surface area (Å²) < 4.78 is 2.86. The summed E-state index contributed by atoms with van der Waals surface area (Å²) in [6.45, 7) is 1.79. The molecule has 0 saturated heterocycles. The van der Waals surface area contributed by atoms with Crippen molar-refractivity contribution in [2.24, 2.45) is 5.10 Å². The molecule has 0 aliphatic rings.